The Balaban J connectivity index is 2.04. The third kappa shape index (κ3) is 4.34. The molecule has 0 aliphatic rings. The second-order valence-electron chi connectivity index (χ2n) is 4.46. The van der Waals surface area contributed by atoms with Crippen LogP contribution in [0.15, 0.2) is 42.5 Å². The fraction of sp³-hybridized carbons (Fsp3) is 0.125. The molecule has 2 aromatic carbocycles. The molecule has 0 aromatic heterocycles. The van der Waals surface area contributed by atoms with Gasteiger partial charge in [0.15, 0.2) is 5.11 Å². The monoisotopic (exact) mass is 350 g/mol. The van der Waals surface area contributed by atoms with Crippen LogP contribution in [0.2, 0.25) is 5.02 Å². The van der Waals surface area contributed by atoms with Crippen molar-refractivity contribution in [2.75, 3.05) is 19.5 Å². The Kier molecular flexibility index (Phi) is 5.78. The van der Waals surface area contributed by atoms with E-state index in [1.807, 2.05) is 0 Å². The molecule has 2 rings (SSSR count). The Hall–Kier alpha value is -2.31. The van der Waals surface area contributed by atoms with Crippen molar-refractivity contribution in [3.05, 3.63) is 53.1 Å². The van der Waals surface area contributed by atoms with Crippen LogP contribution in [0.3, 0.4) is 0 Å². The van der Waals surface area contributed by atoms with E-state index in [2.05, 4.69) is 10.6 Å². The van der Waals surface area contributed by atoms with Crippen molar-refractivity contribution in [3.63, 3.8) is 0 Å². The number of hydrogen-bond acceptors (Lipinski definition) is 4. The zero-order valence-corrected chi connectivity index (χ0v) is 14.1. The number of rotatable bonds is 4. The summed E-state index contributed by atoms with van der Waals surface area (Å²) >= 11 is 11.2. The molecule has 0 aliphatic carbocycles. The van der Waals surface area contributed by atoms with Crippen molar-refractivity contribution in [2.45, 2.75) is 0 Å². The van der Waals surface area contributed by atoms with Crippen LogP contribution < -0.4 is 20.1 Å². The summed E-state index contributed by atoms with van der Waals surface area (Å²) in [6.07, 6.45) is 0. The van der Waals surface area contributed by atoms with Crippen LogP contribution >= 0.6 is 23.8 Å². The van der Waals surface area contributed by atoms with Gasteiger partial charge in [0, 0.05) is 5.69 Å². The highest BCUT2D eigenvalue weighted by Gasteiger charge is 2.13. The Morgan fingerprint density at radius 3 is 2.43 bits per heavy atom. The summed E-state index contributed by atoms with van der Waals surface area (Å²) in [6.45, 7) is 0. The minimum absolute atomic E-state index is 0.155. The van der Waals surface area contributed by atoms with E-state index in [0.29, 0.717) is 27.8 Å². The topological polar surface area (TPSA) is 59.6 Å². The number of amides is 1. The zero-order valence-electron chi connectivity index (χ0n) is 12.6. The molecular weight excluding hydrogens is 336 g/mol. The molecule has 0 bridgehead atoms. The van der Waals surface area contributed by atoms with E-state index in [-0.39, 0.29) is 11.0 Å². The lowest BCUT2D eigenvalue weighted by atomic mass is 10.2. The SMILES string of the molecule is COc1ccc(NC(=S)NC(=O)c2ccccc2OC)cc1Cl. The van der Waals surface area contributed by atoms with Gasteiger partial charge in [-0.3, -0.25) is 10.1 Å². The van der Waals surface area contributed by atoms with Crippen molar-refractivity contribution < 1.29 is 14.3 Å². The molecule has 120 valence electrons. The zero-order chi connectivity index (χ0) is 16.8. The number of carbonyl (C=O) groups excluding carboxylic acids is 1. The van der Waals surface area contributed by atoms with Crippen molar-refractivity contribution in [2.24, 2.45) is 0 Å². The van der Waals surface area contributed by atoms with Gasteiger partial charge in [-0.25, -0.2) is 0 Å². The lowest BCUT2D eigenvalue weighted by molar-refractivity contribution is 0.0975. The smallest absolute Gasteiger partial charge is 0.261 e. The predicted molar refractivity (Wildman–Crippen MR) is 94.7 cm³/mol. The second kappa shape index (κ2) is 7.80. The quantitative estimate of drug-likeness (QED) is 0.827. The third-order valence-electron chi connectivity index (χ3n) is 2.99. The summed E-state index contributed by atoms with van der Waals surface area (Å²) in [4.78, 5) is 12.2. The fourth-order valence-electron chi connectivity index (χ4n) is 1.91. The number of thiocarbonyl (C=S) groups is 1. The van der Waals surface area contributed by atoms with Crippen molar-refractivity contribution in [3.8, 4) is 11.5 Å². The van der Waals surface area contributed by atoms with E-state index in [4.69, 9.17) is 33.3 Å². The Morgan fingerprint density at radius 1 is 1.09 bits per heavy atom. The number of anilines is 1. The van der Waals surface area contributed by atoms with Crippen molar-refractivity contribution in [1.29, 1.82) is 0 Å². The van der Waals surface area contributed by atoms with E-state index < -0.39 is 0 Å². The first-order valence-electron chi connectivity index (χ1n) is 6.64. The molecule has 0 saturated heterocycles. The maximum Gasteiger partial charge on any atom is 0.261 e. The number of para-hydroxylation sites is 1. The summed E-state index contributed by atoms with van der Waals surface area (Å²) in [6, 6.07) is 12.0. The highest BCUT2D eigenvalue weighted by molar-refractivity contribution is 7.80. The number of halogens is 1. The number of carbonyl (C=O) groups is 1. The number of nitrogens with one attached hydrogen (secondary N) is 2. The van der Waals surface area contributed by atoms with Gasteiger partial charge in [0.25, 0.3) is 5.91 Å². The van der Waals surface area contributed by atoms with E-state index in [9.17, 15) is 4.79 Å². The molecule has 2 N–H and O–H groups in total. The molecule has 23 heavy (non-hydrogen) atoms. The van der Waals surface area contributed by atoms with Crippen LogP contribution in [0.4, 0.5) is 5.69 Å². The second-order valence-corrected chi connectivity index (χ2v) is 5.27. The Labute approximate surface area is 144 Å². The Bertz CT molecular complexity index is 737. The van der Waals surface area contributed by atoms with Crippen molar-refractivity contribution in [1.82, 2.24) is 5.32 Å². The highest BCUT2D eigenvalue weighted by atomic mass is 35.5. The lowest BCUT2D eigenvalue weighted by Gasteiger charge is -2.12. The molecule has 0 fully saturated rings. The molecule has 0 radical (unpaired) electrons. The van der Waals surface area contributed by atoms with Crippen LogP contribution in [0.5, 0.6) is 11.5 Å². The van der Waals surface area contributed by atoms with Crippen LogP contribution in [0, 0.1) is 0 Å². The average Bonchev–Trinajstić information content (AvgIpc) is 2.54. The first kappa shape index (κ1) is 17.1. The molecule has 0 unspecified atom stereocenters. The van der Waals surface area contributed by atoms with Crippen LogP contribution in [-0.4, -0.2) is 25.2 Å². The third-order valence-corrected chi connectivity index (χ3v) is 3.49. The molecule has 0 spiro atoms. The maximum absolute atomic E-state index is 12.2. The highest BCUT2D eigenvalue weighted by Crippen LogP contribution is 2.27. The van der Waals surface area contributed by atoms with Gasteiger partial charge in [0.2, 0.25) is 0 Å². The number of methoxy groups -OCH3 is 2. The predicted octanol–water partition coefficient (Wildman–Crippen LogP) is 3.48. The largest absolute Gasteiger partial charge is 0.496 e. The molecule has 2 aromatic rings. The summed E-state index contributed by atoms with van der Waals surface area (Å²) in [5, 5.41) is 6.08. The maximum atomic E-state index is 12.2. The molecule has 1 amide bonds. The fourth-order valence-corrected chi connectivity index (χ4v) is 2.38. The van der Waals surface area contributed by atoms with E-state index in [1.54, 1.807) is 42.5 Å². The lowest BCUT2D eigenvalue weighted by Crippen LogP contribution is -2.34. The van der Waals surface area contributed by atoms with Gasteiger partial charge in [-0.1, -0.05) is 23.7 Å². The van der Waals surface area contributed by atoms with Gasteiger partial charge >= 0.3 is 0 Å². The van der Waals surface area contributed by atoms with E-state index in [0.717, 1.165) is 0 Å². The molecule has 0 aliphatic heterocycles. The van der Waals surface area contributed by atoms with Gasteiger partial charge in [0.05, 0.1) is 24.8 Å². The van der Waals surface area contributed by atoms with E-state index in [1.165, 1.54) is 14.2 Å². The molecule has 7 heteroatoms. The van der Waals surface area contributed by atoms with Gasteiger partial charge in [0.1, 0.15) is 11.5 Å². The standard InChI is InChI=1S/C16H15ClN2O3S/c1-21-13-6-4-3-5-11(13)15(20)19-16(23)18-10-7-8-14(22-2)12(17)9-10/h3-9H,1-2H3,(H2,18,19,20,23). The molecule has 5 nitrogen and oxygen atoms in total. The van der Waals surface area contributed by atoms with Crippen LogP contribution in [0.1, 0.15) is 10.4 Å². The summed E-state index contributed by atoms with van der Waals surface area (Å²) in [7, 11) is 3.04. The first-order chi connectivity index (χ1) is 11.0. The van der Waals surface area contributed by atoms with Gasteiger partial charge < -0.3 is 14.8 Å². The van der Waals surface area contributed by atoms with Crippen molar-refractivity contribution >= 4 is 40.5 Å². The molecule has 0 atom stereocenters. The minimum Gasteiger partial charge on any atom is -0.496 e. The van der Waals surface area contributed by atoms with Gasteiger partial charge in [-0.05, 0) is 42.5 Å². The number of benzene rings is 2. The summed E-state index contributed by atoms with van der Waals surface area (Å²) in [5.74, 6) is 0.668. The molecular formula is C16H15ClN2O3S. The number of hydrogen-bond donors (Lipinski definition) is 2. The average molecular weight is 351 g/mol. The normalized spacial score (nSPS) is 9.87. The minimum atomic E-state index is -0.362. The van der Waals surface area contributed by atoms with Gasteiger partial charge in [-0.2, -0.15) is 0 Å². The van der Waals surface area contributed by atoms with E-state index >= 15 is 0 Å². The number of ether oxygens (including phenoxy) is 2. The summed E-state index contributed by atoms with van der Waals surface area (Å²) < 4.78 is 10.2. The van der Waals surface area contributed by atoms with Crippen LogP contribution in [0.25, 0.3) is 0 Å². The summed E-state index contributed by atoms with van der Waals surface area (Å²) in [5.41, 5.74) is 1.04. The Morgan fingerprint density at radius 2 is 1.78 bits per heavy atom. The van der Waals surface area contributed by atoms with Crippen LogP contribution in [-0.2, 0) is 0 Å². The molecule has 0 heterocycles. The molecule has 0 saturated carbocycles. The van der Waals surface area contributed by atoms with Gasteiger partial charge in [-0.15, -0.1) is 0 Å². The first-order valence-corrected chi connectivity index (χ1v) is 7.42.